The molecule has 1 N–H and O–H groups in total. The van der Waals surface area contributed by atoms with Crippen LogP contribution >= 0.6 is 0 Å². The van der Waals surface area contributed by atoms with Crippen LogP contribution in [0.1, 0.15) is 52.7 Å². The SMILES string of the molecule is CC(C)(C)c1cc(-c2nc3c(-c4cc(-c5nccc6ccccc56)cc5c4oc4ccccc45)cccc3n2-c2ccccc2-c2ccccc2)c(O)c(C(C)(C)C)c1. The molecule has 3 aromatic heterocycles. The molecule has 0 bridgehead atoms. The van der Waals surface area contributed by atoms with Crippen molar-refractivity contribution in [1.29, 1.82) is 0 Å². The van der Waals surface area contributed by atoms with Crippen LogP contribution in [0.25, 0.3) is 94.3 Å². The van der Waals surface area contributed by atoms with E-state index in [1.54, 1.807) is 0 Å². The number of aromatic hydroxyl groups is 1. The van der Waals surface area contributed by atoms with E-state index >= 15 is 0 Å². The van der Waals surface area contributed by atoms with E-state index in [2.05, 4.69) is 180 Å². The number of rotatable bonds is 5. The lowest BCUT2D eigenvalue weighted by atomic mass is 9.79. The van der Waals surface area contributed by atoms with Crippen molar-refractivity contribution in [1.82, 2.24) is 14.5 Å². The summed E-state index contributed by atoms with van der Waals surface area (Å²) in [6.07, 6.45) is 1.89. The fourth-order valence-corrected chi connectivity index (χ4v) is 8.59. The fraction of sp³-hybridized carbons (Fsp3) is 0.148. The highest BCUT2D eigenvalue weighted by atomic mass is 16.3. The van der Waals surface area contributed by atoms with Gasteiger partial charge in [-0.2, -0.15) is 0 Å². The topological polar surface area (TPSA) is 64.1 Å². The lowest BCUT2D eigenvalue weighted by molar-refractivity contribution is 0.446. The Labute approximate surface area is 344 Å². The molecule has 0 unspecified atom stereocenters. The van der Waals surface area contributed by atoms with E-state index in [-0.39, 0.29) is 16.6 Å². The van der Waals surface area contributed by atoms with Crippen molar-refractivity contribution in [3.8, 4) is 56.3 Å². The highest BCUT2D eigenvalue weighted by Crippen LogP contribution is 2.47. The number of aromatic nitrogens is 3. The standard InChI is InChI=1S/C54H45N3O2/c1-53(2,3)36-31-43(50(58)44(32-36)54(4,5)6)52-56-49-40(23-16-25-46(49)57(52)45-24-14-12-20-37(45)33-17-8-7-9-18-33)42-30-35(48-38-21-11-10-19-34(38)27-28-55-48)29-41-39-22-13-15-26-47(39)59-51(41)42/h7-32,58H,1-6H3. The van der Waals surface area contributed by atoms with Crippen LogP contribution in [-0.2, 0) is 10.8 Å². The third-order valence-electron chi connectivity index (χ3n) is 11.7. The predicted molar refractivity (Wildman–Crippen MR) is 244 cm³/mol. The zero-order valence-electron chi connectivity index (χ0n) is 34.2. The Morgan fingerprint density at radius 3 is 2.07 bits per heavy atom. The largest absolute Gasteiger partial charge is 0.507 e. The molecule has 5 heteroatoms. The van der Waals surface area contributed by atoms with Gasteiger partial charge in [-0.25, -0.2) is 4.98 Å². The molecule has 0 aliphatic rings. The minimum absolute atomic E-state index is 0.185. The Balaban J connectivity index is 1.34. The third kappa shape index (κ3) is 6.08. The monoisotopic (exact) mass is 767 g/mol. The maximum atomic E-state index is 12.4. The van der Waals surface area contributed by atoms with E-state index in [4.69, 9.17) is 14.4 Å². The normalized spacial score (nSPS) is 12.3. The Hall–Kier alpha value is -6.98. The average Bonchev–Trinajstić information content (AvgIpc) is 3.82. The average molecular weight is 768 g/mol. The molecule has 0 spiro atoms. The van der Waals surface area contributed by atoms with Crippen molar-refractivity contribution >= 4 is 43.7 Å². The quantitative estimate of drug-likeness (QED) is 0.189. The molecule has 0 radical (unpaired) electrons. The predicted octanol–water partition coefficient (Wildman–Crippen LogP) is 14.4. The zero-order valence-corrected chi connectivity index (χ0v) is 34.2. The first-order valence-electron chi connectivity index (χ1n) is 20.3. The van der Waals surface area contributed by atoms with Crippen LogP contribution in [-0.4, -0.2) is 19.6 Å². The van der Waals surface area contributed by atoms with Crippen LogP contribution < -0.4 is 0 Å². The van der Waals surface area contributed by atoms with E-state index in [9.17, 15) is 5.11 Å². The smallest absolute Gasteiger partial charge is 0.149 e. The third-order valence-corrected chi connectivity index (χ3v) is 11.7. The fourth-order valence-electron chi connectivity index (χ4n) is 8.59. The van der Waals surface area contributed by atoms with Gasteiger partial charge in [-0.1, -0.05) is 151 Å². The number of hydrogen-bond donors (Lipinski definition) is 1. The van der Waals surface area contributed by atoms with Gasteiger partial charge in [-0.05, 0) is 69.8 Å². The number of benzene rings is 7. The summed E-state index contributed by atoms with van der Waals surface area (Å²) in [6.45, 7) is 13.1. The van der Waals surface area contributed by atoms with Crippen LogP contribution in [0.5, 0.6) is 5.75 Å². The van der Waals surface area contributed by atoms with Crippen LogP contribution in [0.4, 0.5) is 0 Å². The number of nitrogens with zero attached hydrogens (tertiary/aromatic N) is 3. The van der Waals surface area contributed by atoms with Gasteiger partial charge in [-0.3, -0.25) is 9.55 Å². The summed E-state index contributed by atoms with van der Waals surface area (Å²) in [5, 5.41) is 16.7. The Morgan fingerprint density at radius 1 is 0.559 bits per heavy atom. The molecular formula is C54H45N3O2. The van der Waals surface area contributed by atoms with Gasteiger partial charge in [0.15, 0.2) is 0 Å². The van der Waals surface area contributed by atoms with Crippen LogP contribution in [0.2, 0.25) is 0 Å². The van der Waals surface area contributed by atoms with E-state index in [0.717, 1.165) is 94.1 Å². The van der Waals surface area contributed by atoms with Crippen molar-refractivity contribution in [3.63, 3.8) is 0 Å². The molecule has 59 heavy (non-hydrogen) atoms. The molecule has 0 fully saturated rings. The minimum atomic E-state index is -0.326. The van der Waals surface area contributed by atoms with Gasteiger partial charge in [0.05, 0.1) is 28.0 Å². The van der Waals surface area contributed by atoms with Crippen molar-refractivity contribution in [2.75, 3.05) is 0 Å². The lowest BCUT2D eigenvalue weighted by Gasteiger charge is -2.27. The lowest BCUT2D eigenvalue weighted by Crippen LogP contribution is -2.17. The number of imidazole rings is 1. The van der Waals surface area contributed by atoms with Crippen LogP contribution in [0, 0.1) is 0 Å². The number of phenols is 1. The molecule has 0 aliphatic carbocycles. The van der Waals surface area contributed by atoms with Gasteiger partial charge in [0.2, 0.25) is 0 Å². The van der Waals surface area contributed by atoms with Gasteiger partial charge in [0, 0.05) is 50.2 Å². The number of furan rings is 1. The van der Waals surface area contributed by atoms with Gasteiger partial charge < -0.3 is 9.52 Å². The molecule has 10 rings (SSSR count). The molecule has 10 aromatic rings. The maximum absolute atomic E-state index is 12.4. The second kappa shape index (κ2) is 13.6. The van der Waals surface area contributed by atoms with Gasteiger partial charge in [-0.15, -0.1) is 0 Å². The summed E-state index contributed by atoms with van der Waals surface area (Å²) < 4.78 is 9.02. The van der Waals surface area contributed by atoms with Gasteiger partial charge in [0.25, 0.3) is 0 Å². The first-order valence-corrected chi connectivity index (χ1v) is 20.3. The molecule has 0 saturated carbocycles. The van der Waals surface area contributed by atoms with Crippen molar-refractivity contribution in [2.45, 2.75) is 52.4 Å². The molecule has 7 aromatic carbocycles. The van der Waals surface area contributed by atoms with Crippen molar-refractivity contribution < 1.29 is 9.52 Å². The molecule has 5 nitrogen and oxygen atoms in total. The summed E-state index contributed by atoms with van der Waals surface area (Å²) in [4.78, 5) is 10.6. The van der Waals surface area contributed by atoms with E-state index in [1.165, 1.54) is 0 Å². The number of fused-ring (bicyclic) bond motifs is 5. The molecule has 0 amide bonds. The Kier molecular flexibility index (Phi) is 8.36. The summed E-state index contributed by atoms with van der Waals surface area (Å²) >= 11 is 0. The van der Waals surface area contributed by atoms with Crippen LogP contribution in [0.3, 0.4) is 0 Å². The Morgan fingerprint density at radius 2 is 1.27 bits per heavy atom. The van der Waals surface area contributed by atoms with Gasteiger partial charge in [0.1, 0.15) is 22.7 Å². The molecule has 3 heterocycles. The second-order valence-electron chi connectivity index (χ2n) is 17.6. The van der Waals surface area contributed by atoms with Gasteiger partial charge >= 0.3 is 0 Å². The summed E-state index contributed by atoms with van der Waals surface area (Å²) in [6, 6.07) is 52.7. The van der Waals surface area contributed by atoms with Crippen LogP contribution in [0.15, 0.2) is 162 Å². The molecule has 0 saturated heterocycles. The van der Waals surface area contributed by atoms with E-state index < -0.39 is 0 Å². The second-order valence-corrected chi connectivity index (χ2v) is 17.6. The van der Waals surface area contributed by atoms with Crippen molar-refractivity contribution in [3.05, 3.63) is 169 Å². The number of hydrogen-bond acceptors (Lipinski definition) is 4. The number of pyridine rings is 1. The highest BCUT2D eigenvalue weighted by molar-refractivity contribution is 6.14. The Bertz CT molecular complexity index is 3240. The highest BCUT2D eigenvalue weighted by Gasteiger charge is 2.29. The molecule has 0 atom stereocenters. The first-order chi connectivity index (χ1) is 28.5. The summed E-state index contributed by atoms with van der Waals surface area (Å²) in [5.41, 5.74) is 12.4. The zero-order chi connectivity index (χ0) is 40.6. The first kappa shape index (κ1) is 36.4. The molecule has 288 valence electrons. The molecule has 0 aliphatic heterocycles. The summed E-state index contributed by atoms with van der Waals surface area (Å²) in [7, 11) is 0. The number of para-hydroxylation sites is 3. The minimum Gasteiger partial charge on any atom is -0.507 e. The molecular weight excluding hydrogens is 723 g/mol. The number of phenolic OH excluding ortho intramolecular Hbond substituents is 1. The van der Waals surface area contributed by atoms with E-state index in [0.29, 0.717) is 11.4 Å². The maximum Gasteiger partial charge on any atom is 0.149 e. The summed E-state index contributed by atoms with van der Waals surface area (Å²) in [5.74, 6) is 0.905. The van der Waals surface area contributed by atoms with Crippen molar-refractivity contribution in [2.24, 2.45) is 0 Å². The van der Waals surface area contributed by atoms with E-state index in [1.807, 2.05) is 24.4 Å².